The van der Waals surface area contributed by atoms with Crippen molar-refractivity contribution >= 4 is 17.9 Å². The van der Waals surface area contributed by atoms with Gasteiger partial charge < -0.3 is 39.3 Å². The third kappa shape index (κ3) is 11.0. The maximum absolute atomic E-state index is 14.3. The first-order valence-electron chi connectivity index (χ1n) is 20.3. The number of hydrogen-bond acceptors (Lipinski definition) is 10. The van der Waals surface area contributed by atoms with Crippen LogP contribution < -0.4 is 14.8 Å². The van der Waals surface area contributed by atoms with Crippen LogP contribution in [0.1, 0.15) is 118 Å². The van der Waals surface area contributed by atoms with Crippen molar-refractivity contribution in [1.29, 1.82) is 0 Å². The average Bonchev–Trinajstić information content (AvgIpc) is 3.12. The number of allylic oxidation sites excluding steroid dienone is 1. The minimum atomic E-state index is -1.40. The van der Waals surface area contributed by atoms with E-state index in [0.29, 0.717) is 49.6 Å². The van der Waals surface area contributed by atoms with Gasteiger partial charge in [0.15, 0.2) is 0 Å². The van der Waals surface area contributed by atoms with E-state index in [-0.39, 0.29) is 56.0 Å². The van der Waals surface area contributed by atoms with E-state index >= 15 is 0 Å². The van der Waals surface area contributed by atoms with E-state index < -0.39 is 35.5 Å². The second-order valence-corrected chi connectivity index (χ2v) is 17.2. The predicted molar refractivity (Wildman–Crippen MR) is 213 cm³/mol. The van der Waals surface area contributed by atoms with Crippen LogP contribution in [0.25, 0.3) is 0 Å². The third-order valence-electron chi connectivity index (χ3n) is 10.3. The third-order valence-corrected chi connectivity index (χ3v) is 10.3. The van der Waals surface area contributed by atoms with Crippen molar-refractivity contribution in [2.45, 2.75) is 130 Å². The molecule has 1 heterocycles. The van der Waals surface area contributed by atoms with E-state index in [2.05, 4.69) is 18.0 Å². The summed E-state index contributed by atoms with van der Waals surface area (Å²) in [6.45, 7) is 21.1. The van der Waals surface area contributed by atoms with E-state index in [9.17, 15) is 19.8 Å². The number of benzene rings is 1. The Bertz CT molecular complexity index is 1510. The fourth-order valence-corrected chi connectivity index (χ4v) is 8.17. The van der Waals surface area contributed by atoms with Crippen LogP contribution in [0.15, 0.2) is 47.7 Å². The van der Waals surface area contributed by atoms with Crippen LogP contribution in [0.3, 0.4) is 0 Å². The number of nitrogens with zero attached hydrogens (tertiary/aromatic N) is 2. The molecule has 0 radical (unpaired) electrons. The van der Waals surface area contributed by atoms with Crippen LogP contribution in [-0.2, 0) is 14.3 Å². The summed E-state index contributed by atoms with van der Waals surface area (Å²) in [6.07, 6.45) is 8.46. The monoisotopic (exact) mass is 769 g/mol. The summed E-state index contributed by atoms with van der Waals surface area (Å²) in [6, 6.07) is 4.76. The molecule has 2 amide bonds. The van der Waals surface area contributed by atoms with Crippen LogP contribution in [0.4, 0.5) is 9.59 Å². The molecule has 1 saturated carbocycles. The van der Waals surface area contributed by atoms with Gasteiger partial charge in [-0.3, -0.25) is 4.90 Å². The molecule has 1 aromatic carbocycles. The predicted octanol–water partition coefficient (Wildman–Crippen LogP) is 8.12. The maximum atomic E-state index is 14.3. The highest BCUT2D eigenvalue weighted by molar-refractivity contribution is 6.03. The van der Waals surface area contributed by atoms with Gasteiger partial charge >= 0.3 is 12.2 Å². The van der Waals surface area contributed by atoms with E-state index in [0.717, 1.165) is 36.8 Å². The topological polar surface area (TPSA) is 148 Å². The molecule has 2 aliphatic carbocycles. The van der Waals surface area contributed by atoms with Crippen molar-refractivity contribution in [2.24, 2.45) is 28.3 Å². The van der Waals surface area contributed by atoms with Crippen molar-refractivity contribution in [3.8, 4) is 11.5 Å². The van der Waals surface area contributed by atoms with Crippen molar-refractivity contribution in [3.05, 3.63) is 48.1 Å². The van der Waals surface area contributed by atoms with Gasteiger partial charge in [-0.05, 0) is 101 Å². The van der Waals surface area contributed by atoms with Gasteiger partial charge in [0.1, 0.15) is 23.1 Å². The van der Waals surface area contributed by atoms with E-state index in [1.54, 1.807) is 17.0 Å². The highest BCUT2D eigenvalue weighted by atomic mass is 16.7. The zero-order chi connectivity index (χ0) is 40.4. The van der Waals surface area contributed by atoms with Crippen molar-refractivity contribution in [2.75, 3.05) is 39.5 Å². The number of unbranched alkanes of at least 4 members (excludes halogenated alkanes) is 2. The summed E-state index contributed by atoms with van der Waals surface area (Å²) in [5.41, 5.74) is 1.66. The summed E-state index contributed by atoms with van der Waals surface area (Å²) >= 11 is 0. The van der Waals surface area contributed by atoms with E-state index in [1.165, 1.54) is 0 Å². The van der Waals surface area contributed by atoms with E-state index in [4.69, 9.17) is 28.9 Å². The molecule has 1 aliphatic heterocycles. The summed E-state index contributed by atoms with van der Waals surface area (Å²) < 4.78 is 26.0. The summed E-state index contributed by atoms with van der Waals surface area (Å²) in [7, 11) is 0. The Labute approximate surface area is 328 Å². The number of hydrogen-bond donors (Lipinski definition) is 3. The maximum Gasteiger partial charge on any atom is 0.412 e. The molecular weight excluding hydrogens is 702 g/mol. The number of fused-ring (bicyclic) bond motifs is 2. The number of aliphatic hydroxyl groups is 2. The highest BCUT2D eigenvalue weighted by Gasteiger charge is 2.65. The second-order valence-electron chi connectivity index (χ2n) is 17.2. The summed E-state index contributed by atoms with van der Waals surface area (Å²) in [5.74, 6) is -1.08. The molecule has 0 spiro atoms. The summed E-state index contributed by atoms with van der Waals surface area (Å²) in [4.78, 5) is 34.9. The van der Waals surface area contributed by atoms with Crippen molar-refractivity contribution < 1.29 is 43.6 Å². The first kappa shape index (κ1) is 44.1. The Balaban J connectivity index is 2.05. The second kappa shape index (κ2) is 19.5. The SMILES string of the molecule is C=CCO[C@@]12Oc3ccc(OC(=O)NCC)cc3[C@H]3[C@H](CCCCO)[C@@H](CCCCO)C=C(C(=NOC(C)(C)C)C[C@@H]1N(CCC)C(=O)OCC(C)(C)C)[C@H]32. The number of aliphatic hydroxyl groups excluding tert-OH is 2. The molecule has 0 saturated heterocycles. The van der Waals surface area contributed by atoms with Crippen molar-refractivity contribution in [1.82, 2.24) is 10.2 Å². The molecule has 0 unspecified atom stereocenters. The Hall–Kier alpha value is -3.61. The normalized spacial score (nSPS) is 25.2. The number of oxime groups is 1. The first-order chi connectivity index (χ1) is 26.1. The first-order valence-corrected chi connectivity index (χ1v) is 20.3. The smallest absolute Gasteiger partial charge is 0.412 e. The Morgan fingerprint density at radius 3 is 2.40 bits per heavy atom. The van der Waals surface area contributed by atoms with Gasteiger partial charge in [-0.15, -0.1) is 6.58 Å². The molecule has 12 nitrogen and oxygen atoms in total. The van der Waals surface area contributed by atoms with Gasteiger partial charge in [0.25, 0.3) is 0 Å². The minimum Gasteiger partial charge on any atom is -0.459 e. The zero-order valence-corrected chi connectivity index (χ0v) is 34.5. The highest BCUT2D eigenvalue weighted by Crippen LogP contribution is 2.62. The standard InChI is InChI=1S/C43H67N3O9/c1-10-21-46(40(50)51-28-41(4,5)6)36-27-34(45-55-42(7,8)9)32-25-29(17-13-15-22-47)31(18-14-16-23-48)37-33-26-30(53-39(49)44-12-3)19-20-35(33)54-43(36,38(32)37)52-24-11-2/h11,19-20,25-26,29,31,36-38,47-48H,2,10,12-18,21-24,27-28H2,1,3-9H3,(H,44,49)/t29-,31+,36-,37+,38+,43+/m0/s1. The molecule has 0 bridgehead atoms. The van der Waals surface area contributed by atoms with Crippen LogP contribution in [0, 0.1) is 23.2 Å². The lowest BCUT2D eigenvalue weighted by Gasteiger charge is -2.60. The lowest BCUT2D eigenvalue weighted by atomic mass is 9.55. The van der Waals surface area contributed by atoms with Gasteiger partial charge in [-0.25, -0.2) is 9.59 Å². The number of carbonyl (C=O) groups excluding carboxylic acids is 2. The van der Waals surface area contributed by atoms with Gasteiger partial charge in [0, 0.05) is 44.2 Å². The molecule has 3 aliphatic rings. The van der Waals surface area contributed by atoms with Crippen LogP contribution in [-0.4, -0.2) is 90.0 Å². The van der Waals surface area contributed by atoms with Crippen LogP contribution in [0.2, 0.25) is 0 Å². The molecule has 6 atom stereocenters. The molecule has 3 N–H and O–H groups in total. The molecule has 1 fully saturated rings. The quantitative estimate of drug-likeness (QED) is 0.0765. The van der Waals surface area contributed by atoms with Gasteiger partial charge in [0.2, 0.25) is 5.79 Å². The Kier molecular flexibility index (Phi) is 15.6. The minimum absolute atomic E-state index is 0.0315. The molecule has 1 aromatic rings. The number of ether oxygens (including phenoxy) is 4. The Morgan fingerprint density at radius 2 is 1.78 bits per heavy atom. The molecule has 55 heavy (non-hydrogen) atoms. The summed E-state index contributed by atoms with van der Waals surface area (Å²) in [5, 5.41) is 27.2. The molecule has 12 heteroatoms. The number of amides is 2. The van der Waals surface area contributed by atoms with Gasteiger partial charge in [-0.1, -0.05) is 57.8 Å². The fraction of sp³-hybridized carbons (Fsp3) is 0.698. The van der Waals surface area contributed by atoms with E-state index in [1.807, 2.05) is 67.5 Å². The number of carbonyl (C=O) groups is 2. The van der Waals surface area contributed by atoms with Gasteiger partial charge in [-0.2, -0.15) is 0 Å². The number of nitrogens with one attached hydrogen (secondary N) is 1. The van der Waals surface area contributed by atoms with Crippen LogP contribution >= 0.6 is 0 Å². The fourth-order valence-electron chi connectivity index (χ4n) is 8.17. The lowest BCUT2D eigenvalue weighted by molar-refractivity contribution is -0.255. The lowest BCUT2D eigenvalue weighted by Crippen LogP contribution is -2.70. The largest absolute Gasteiger partial charge is 0.459 e. The van der Waals surface area contributed by atoms with Crippen molar-refractivity contribution in [3.63, 3.8) is 0 Å². The number of rotatable bonds is 18. The molecule has 0 aromatic heterocycles. The molecular formula is C43H67N3O9. The van der Waals surface area contributed by atoms with Crippen LogP contribution in [0.5, 0.6) is 11.5 Å². The molecule has 308 valence electrons. The average molecular weight is 770 g/mol. The van der Waals surface area contributed by atoms with Gasteiger partial charge in [0.05, 0.1) is 24.8 Å². The zero-order valence-electron chi connectivity index (χ0n) is 34.5. The molecule has 4 rings (SSSR count). The Morgan fingerprint density at radius 1 is 1.07 bits per heavy atom.